The molecule has 1 saturated carbocycles. The Morgan fingerprint density at radius 1 is 1.47 bits per heavy atom. The molecule has 1 aromatic carbocycles. The minimum atomic E-state index is -0.189. The van der Waals surface area contributed by atoms with Crippen molar-refractivity contribution in [1.82, 2.24) is 9.55 Å². The lowest BCUT2D eigenvalue weighted by Gasteiger charge is -2.41. The van der Waals surface area contributed by atoms with Gasteiger partial charge in [0.2, 0.25) is 0 Å². The van der Waals surface area contributed by atoms with Crippen LogP contribution in [0, 0.1) is 9.39 Å². The van der Waals surface area contributed by atoms with E-state index in [-0.39, 0.29) is 16.7 Å². The highest BCUT2D eigenvalue weighted by atomic mass is 127. The Bertz CT molecular complexity index is 646. The predicted molar refractivity (Wildman–Crippen MR) is 84.2 cm³/mol. The second-order valence-electron chi connectivity index (χ2n) is 5.53. The molecule has 19 heavy (non-hydrogen) atoms. The second kappa shape index (κ2) is 4.58. The van der Waals surface area contributed by atoms with Gasteiger partial charge >= 0.3 is 0 Å². The molecule has 1 aromatic heterocycles. The van der Waals surface area contributed by atoms with Gasteiger partial charge in [0, 0.05) is 11.6 Å². The number of hydrogen-bond donors (Lipinski definition) is 0. The summed E-state index contributed by atoms with van der Waals surface area (Å²) in [6, 6.07) is 3.39. The lowest BCUT2D eigenvalue weighted by atomic mass is 9.78. The molecule has 102 valence electrons. The van der Waals surface area contributed by atoms with E-state index in [9.17, 15) is 4.39 Å². The molecule has 1 fully saturated rings. The van der Waals surface area contributed by atoms with Crippen molar-refractivity contribution < 1.29 is 4.39 Å². The van der Waals surface area contributed by atoms with Crippen LogP contribution >= 0.6 is 34.2 Å². The molecule has 0 saturated heterocycles. The largest absolute Gasteiger partial charge is 0.321 e. The first-order valence-electron chi connectivity index (χ1n) is 6.44. The topological polar surface area (TPSA) is 17.8 Å². The van der Waals surface area contributed by atoms with E-state index in [4.69, 9.17) is 11.6 Å². The third-order valence-electron chi connectivity index (χ3n) is 4.05. The molecule has 2 nitrogen and oxygen atoms in total. The Morgan fingerprint density at radius 3 is 2.68 bits per heavy atom. The number of imidazole rings is 1. The van der Waals surface area contributed by atoms with Crippen molar-refractivity contribution in [3.8, 4) is 0 Å². The monoisotopic (exact) mass is 392 g/mol. The maximum atomic E-state index is 13.9. The van der Waals surface area contributed by atoms with E-state index in [0.29, 0.717) is 3.57 Å². The van der Waals surface area contributed by atoms with E-state index in [1.54, 1.807) is 12.1 Å². The standard InChI is InChI=1S/C14H15ClFIN2/c1-8(15)13-18-11-7-10(17)9(16)6-12(11)19(13)14(2)4-3-5-14/h6-8H,3-5H2,1-2H3. The third-order valence-corrected chi connectivity index (χ3v) is 5.07. The first-order valence-corrected chi connectivity index (χ1v) is 7.96. The summed E-state index contributed by atoms with van der Waals surface area (Å²) in [5.74, 6) is 0.659. The first kappa shape index (κ1) is 13.6. The molecular weight excluding hydrogens is 378 g/mol. The molecule has 1 aliphatic carbocycles. The summed E-state index contributed by atoms with van der Waals surface area (Å²) < 4.78 is 16.6. The average molecular weight is 393 g/mol. The minimum Gasteiger partial charge on any atom is -0.321 e. The van der Waals surface area contributed by atoms with E-state index in [2.05, 4.69) is 16.5 Å². The molecule has 2 aromatic rings. The van der Waals surface area contributed by atoms with Crippen LogP contribution in [0.25, 0.3) is 11.0 Å². The van der Waals surface area contributed by atoms with Gasteiger partial charge in [0.05, 0.1) is 20.0 Å². The van der Waals surface area contributed by atoms with Crippen molar-refractivity contribution in [2.24, 2.45) is 0 Å². The number of nitrogens with zero attached hydrogens (tertiary/aromatic N) is 2. The molecule has 0 spiro atoms. The van der Waals surface area contributed by atoms with E-state index < -0.39 is 0 Å². The maximum Gasteiger partial charge on any atom is 0.138 e. The van der Waals surface area contributed by atoms with E-state index in [1.165, 1.54) is 6.42 Å². The Hall–Kier alpha value is -0.360. The summed E-state index contributed by atoms with van der Waals surface area (Å²) in [6.07, 6.45) is 3.41. The Labute approximate surface area is 130 Å². The van der Waals surface area contributed by atoms with Crippen LogP contribution in [0.15, 0.2) is 12.1 Å². The van der Waals surface area contributed by atoms with E-state index >= 15 is 0 Å². The minimum absolute atomic E-state index is 0.0342. The molecule has 0 amide bonds. The normalized spacial score (nSPS) is 19.4. The number of hydrogen-bond acceptors (Lipinski definition) is 1. The van der Waals surface area contributed by atoms with Crippen molar-refractivity contribution in [2.45, 2.75) is 44.0 Å². The highest BCUT2D eigenvalue weighted by Gasteiger charge is 2.37. The number of alkyl halides is 1. The Kier molecular flexibility index (Phi) is 3.29. The highest BCUT2D eigenvalue weighted by molar-refractivity contribution is 14.1. The summed E-state index contributed by atoms with van der Waals surface area (Å²) in [7, 11) is 0. The summed E-state index contributed by atoms with van der Waals surface area (Å²) in [6.45, 7) is 4.12. The quantitative estimate of drug-likeness (QED) is 0.521. The van der Waals surface area contributed by atoms with Gasteiger partial charge in [0.25, 0.3) is 0 Å². The molecule has 1 aliphatic rings. The smallest absolute Gasteiger partial charge is 0.138 e. The van der Waals surface area contributed by atoms with Crippen LogP contribution in [0.2, 0.25) is 0 Å². The average Bonchev–Trinajstić information content (AvgIpc) is 2.66. The van der Waals surface area contributed by atoms with Crippen molar-refractivity contribution in [3.63, 3.8) is 0 Å². The van der Waals surface area contributed by atoms with Crippen LogP contribution in [-0.4, -0.2) is 9.55 Å². The van der Waals surface area contributed by atoms with Crippen LogP contribution in [0.3, 0.4) is 0 Å². The molecule has 0 N–H and O–H groups in total. The summed E-state index contributed by atoms with van der Waals surface area (Å²) in [5.41, 5.74) is 1.73. The van der Waals surface area contributed by atoms with Crippen LogP contribution in [0.1, 0.15) is 44.3 Å². The van der Waals surface area contributed by atoms with Crippen molar-refractivity contribution >= 4 is 45.2 Å². The second-order valence-corrected chi connectivity index (χ2v) is 7.34. The number of rotatable bonds is 2. The van der Waals surface area contributed by atoms with Crippen LogP contribution in [-0.2, 0) is 5.54 Å². The van der Waals surface area contributed by atoms with Gasteiger partial charge in [-0.15, -0.1) is 11.6 Å². The summed E-state index contributed by atoms with van der Waals surface area (Å²) in [5, 5.41) is -0.175. The van der Waals surface area contributed by atoms with Gasteiger partial charge in [-0.25, -0.2) is 9.37 Å². The fourth-order valence-corrected chi connectivity index (χ4v) is 3.43. The predicted octanol–water partition coefficient (Wildman–Crippen LogP) is 4.98. The maximum absolute atomic E-state index is 13.9. The molecule has 0 aliphatic heterocycles. The van der Waals surface area contributed by atoms with Crippen molar-refractivity contribution in [1.29, 1.82) is 0 Å². The Balaban J connectivity index is 2.32. The summed E-state index contributed by atoms with van der Waals surface area (Å²) >= 11 is 8.27. The number of halogens is 3. The van der Waals surface area contributed by atoms with Gasteiger partial charge < -0.3 is 4.57 Å². The van der Waals surface area contributed by atoms with Gasteiger partial charge in [-0.1, -0.05) is 0 Å². The molecule has 5 heteroatoms. The molecule has 0 radical (unpaired) electrons. The summed E-state index contributed by atoms with van der Waals surface area (Å²) in [4.78, 5) is 4.62. The zero-order valence-corrected chi connectivity index (χ0v) is 13.8. The van der Waals surface area contributed by atoms with Crippen LogP contribution < -0.4 is 0 Å². The lowest BCUT2D eigenvalue weighted by molar-refractivity contribution is 0.169. The molecule has 3 rings (SSSR count). The molecule has 0 bridgehead atoms. The van der Waals surface area contributed by atoms with Gasteiger partial charge in [0.1, 0.15) is 11.6 Å². The Morgan fingerprint density at radius 2 is 2.16 bits per heavy atom. The number of aromatic nitrogens is 2. The molecule has 1 unspecified atom stereocenters. The van der Waals surface area contributed by atoms with Gasteiger partial charge in [-0.3, -0.25) is 0 Å². The van der Waals surface area contributed by atoms with Gasteiger partial charge in [-0.2, -0.15) is 0 Å². The third kappa shape index (κ3) is 2.07. The number of benzene rings is 1. The van der Waals surface area contributed by atoms with Gasteiger partial charge in [-0.05, 0) is 61.8 Å². The molecule has 1 heterocycles. The first-order chi connectivity index (χ1) is 8.92. The zero-order valence-electron chi connectivity index (χ0n) is 10.9. The number of fused-ring (bicyclic) bond motifs is 1. The zero-order chi connectivity index (χ0) is 13.8. The van der Waals surface area contributed by atoms with Crippen molar-refractivity contribution in [3.05, 3.63) is 27.3 Å². The van der Waals surface area contributed by atoms with E-state index in [1.807, 2.05) is 29.5 Å². The fourth-order valence-electron chi connectivity index (χ4n) is 2.84. The van der Waals surface area contributed by atoms with Crippen LogP contribution in [0.5, 0.6) is 0 Å². The van der Waals surface area contributed by atoms with Gasteiger partial charge in [0.15, 0.2) is 0 Å². The van der Waals surface area contributed by atoms with Crippen LogP contribution in [0.4, 0.5) is 4.39 Å². The molecular formula is C14H15ClFIN2. The van der Waals surface area contributed by atoms with E-state index in [0.717, 1.165) is 29.7 Å². The molecule has 1 atom stereocenters. The highest BCUT2D eigenvalue weighted by Crippen LogP contribution is 2.43. The fraction of sp³-hybridized carbons (Fsp3) is 0.500. The lowest BCUT2D eigenvalue weighted by Crippen LogP contribution is -2.38. The SMILES string of the molecule is CC(Cl)c1nc2cc(I)c(F)cc2n1C1(C)CCC1. The van der Waals surface area contributed by atoms with Crippen molar-refractivity contribution in [2.75, 3.05) is 0 Å².